The lowest BCUT2D eigenvalue weighted by Gasteiger charge is -2.26. The molecule has 2 rings (SSSR count). The van der Waals surface area contributed by atoms with Gasteiger partial charge in [0.2, 0.25) is 5.91 Å². The lowest BCUT2D eigenvalue weighted by molar-refractivity contribution is -0.144. The number of nitrogens with zero attached hydrogens (tertiary/aromatic N) is 2. The van der Waals surface area contributed by atoms with Crippen LogP contribution in [0.5, 0.6) is 0 Å². The van der Waals surface area contributed by atoms with Crippen LogP contribution in [0, 0.1) is 5.41 Å². The molecule has 1 aromatic rings. The average molecular weight is 232 g/mol. The summed E-state index contributed by atoms with van der Waals surface area (Å²) in [5.41, 5.74) is 0.336. The molecule has 1 aromatic carbocycles. The van der Waals surface area contributed by atoms with Gasteiger partial charge >= 0.3 is 0 Å². The van der Waals surface area contributed by atoms with Crippen molar-refractivity contribution in [3.8, 4) is 0 Å². The molecule has 0 radical (unpaired) electrons. The van der Waals surface area contributed by atoms with Gasteiger partial charge in [0.1, 0.15) is 0 Å². The Labute approximate surface area is 101 Å². The van der Waals surface area contributed by atoms with Crippen molar-refractivity contribution in [2.45, 2.75) is 20.8 Å². The number of amides is 2. The molecule has 1 fully saturated rings. The van der Waals surface area contributed by atoms with E-state index in [1.54, 1.807) is 5.01 Å². The fraction of sp³-hybridized carbons (Fsp3) is 0.385. The number of rotatable bonds is 1. The summed E-state index contributed by atoms with van der Waals surface area (Å²) in [6.07, 6.45) is 0. The van der Waals surface area contributed by atoms with Crippen LogP contribution in [0.4, 0.5) is 5.69 Å². The zero-order valence-corrected chi connectivity index (χ0v) is 10.3. The number of benzene rings is 1. The average Bonchev–Trinajstić information content (AvgIpc) is 2.52. The van der Waals surface area contributed by atoms with E-state index in [0.717, 1.165) is 5.69 Å². The van der Waals surface area contributed by atoms with Crippen molar-refractivity contribution in [3.63, 3.8) is 0 Å². The highest BCUT2D eigenvalue weighted by molar-refractivity contribution is 6.01. The number of anilines is 1. The minimum Gasteiger partial charge on any atom is -0.275 e. The topological polar surface area (TPSA) is 40.6 Å². The number of imide groups is 1. The summed E-state index contributed by atoms with van der Waals surface area (Å²) in [5, 5.41) is 2.97. The van der Waals surface area contributed by atoms with E-state index in [1.165, 1.54) is 11.9 Å². The molecule has 0 saturated carbocycles. The smallest absolute Gasteiger partial charge is 0.255 e. The van der Waals surface area contributed by atoms with Crippen LogP contribution >= 0.6 is 0 Å². The van der Waals surface area contributed by atoms with Gasteiger partial charge in [-0.25, -0.2) is 0 Å². The van der Waals surface area contributed by atoms with Crippen LogP contribution in [0.25, 0.3) is 0 Å². The van der Waals surface area contributed by atoms with E-state index in [-0.39, 0.29) is 11.8 Å². The summed E-state index contributed by atoms with van der Waals surface area (Å²) in [6, 6.07) is 9.48. The first-order chi connectivity index (χ1) is 7.93. The molecule has 1 aliphatic heterocycles. The monoisotopic (exact) mass is 232 g/mol. The molecule has 4 nitrogen and oxygen atoms in total. The summed E-state index contributed by atoms with van der Waals surface area (Å²) in [7, 11) is 0. The third kappa shape index (κ3) is 1.90. The van der Waals surface area contributed by atoms with Gasteiger partial charge in [-0.05, 0) is 26.0 Å². The standard InChI is InChI=1S/C13H16N2O2/c1-10(16)15-12(17)13(2,3)9-14(15)11-7-5-4-6-8-11/h4-8H,9H2,1-3H3. The lowest BCUT2D eigenvalue weighted by Crippen LogP contribution is -2.42. The molecule has 0 aromatic heterocycles. The van der Waals surface area contributed by atoms with Crippen molar-refractivity contribution < 1.29 is 9.59 Å². The van der Waals surface area contributed by atoms with Crippen LogP contribution in [0.2, 0.25) is 0 Å². The number of hydrogen-bond donors (Lipinski definition) is 0. The van der Waals surface area contributed by atoms with Gasteiger partial charge in [0, 0.05) is 6.92 Å². The zero-order chi connectivity index (χ0) is 12.6. The van der Waals surface area contributed by atoms with Crippen molar-refractivity contribution in [2.24, 2.45) is 5.41 Å². The predicted octanol–water partition coefficient (Wildman–Crippen LogP) is 1.82. The lowest BCUT2D eigenvalue weighted by atomic mass is 9.94. The van der Waals surface area contributed by atoms with Gasteiger partial charge in [0.15, 0.2) is 0 Å². The van der Waals surface area contributed by atoms with Crippen LogP contribution in [0.1, 0.15) is 20.8 Å². The molecule has 90 valence electrons. The Hall–Kier alpha value is -1.84. The largest absolute Gasteiger partial charge is 0.275 e. The maximum atomic E-state index is 12.1. The quantitative estimate of drug-likeness (QED) is 0.741. The van der Waals surface area contributed by atoms with Gasteiger partial charge in [-0.1, -0.05) is 18.2 Å². The Morgan fingerprint density at radius 2 is 1.82 bits per heavy atom. The van der Waals surface area contributed by atoms with Crippen molar-refractivity contribution in [2.75, 3.05) is 11.6 Å². The van der Waals surface area contributed by atoms with Gasteiger partial charge in [-0.15, -0.1) is 0 Å². The first-order valence-corrected chi connectivity index (χ1v) is 5.61. The minimum absolute atomic E-state index is 0.145. The Bertz CT molecular complexity index is 454. The fourth-order valence-electron chi connectivity index (χ4n) is 2.03. The zero-order valence-electron chi connectivity index (χ0n) is 10.3. The summed E-state index contributed by atoms with van der Waals surface area (Å²) in [5.74, 6) is -0.390. The highest BCUT2D eigenvalue weighted by atomic mass is 16.2. The van der Waals surface area contributed by atoms with Gasteiger partial charge in [0.05, 0.1) is 17.6 Å². The number of hydrazine groups is 1. The van der Waals surface area contributed by atoms with Crippen LogP contribution in [-0.2, 0) is 9.59 Å². The van der Waals surface area contributed by atoms with Gasteiger partial charge in [-0.3, -0.25) is 14.6 Å². The second-order valence-corrected chi connectivity index (χ2v) is 4.91. The van der Waals surface area contributed by atoms with E-state index in [4.69, 9.17) is 0 Å². The van der Waals surface area contributed by atoms with Crippen molar-refractivity contribution in [1.29, 1.82) is 0 Å². The van der Waals surface area contributed by atoms with Gasteiger partial charge < -0.3 is 0 Å². The number of carbonyl (C=O) groups is 2. The summed E-state index contributed by atoms with van der Waals surface area (Å²) in [4.78, 5) is 23.7. The van der Waals surface area contributed by atoms with Crippen molar-refractivity contribution in [3.05, 3.63) is 30.3 Å². The SMILES string of the molecule is CC(=O)N1C(=O)C(C)(C)CN1c1ccccc1. The molecule has 2 amide bonds. The fourth-order valence-corrected chi connectivity index (χ4v) is 2.03. The van der Waals surface area contributed by atoms with E-state index in [9.17, 15) is 9.59 Å². The molecule has 1 saturated heterocycles. The summed E-state index contributed by atoms with van der Waals surface area (Å²) < 4.78 is 0. The van der Waals surface area contributed by atoms with Crippen LogP contribution < -0.4 is 5.01 Å². The highest BCUT2D eigenvalue weighted by Crippen LogP contribution is 2.33. The van der Waals surface area contributed by atoms with Crippen LogP contribution in [0.3, 0.4) is 0 Å². The predicted molar refractivity (Wildman–Crippen MR) is 65.1 cm³/mol. The molecule has 0 atom stereocenters. The van der Waals surface area contributed by atoms with Crippen LogP contribution in [0.15, 0.2) is 30.3 Å². The molecular weight excluding hydrogens is 216 g/mol. The molecular formula is C13H16N2O2. The Morgan fingerprint density at radius 3 is 2.35 bits per heavy atom. The first kappa shape index (κ1) is 11.6. The van der Waals surface area contributed by atoms with E-state index in [0.29, 0.717) is 6.54 Å². The third-order valence-electron chi connectivity index (χ3n) is 2.91. The maximum absolute atomic E-state index is 12.1. The van der Waals surface area contributed by atoms with E-state index >= 15 is 0 Å². The maximum Gasteiger partial charge on any atom is 0.255 e. The Kier molecular flexibility index (Phi) is 2.65. The Balaban J connectivity index is 2.41. The molecule has 0 N–H and O–H groups in total. The van der Waals surface area contributed by atoms with Crippen molar-refractivity contribution in [1.82, 2.24) is 5.01 Å². The first-order valence-electron chi connectivity index (χ1n) is 5.61. The third-order valence-corrected chi connectivity index (χ3v) is 2.91. The second-order valence-electron chi connectivity index (χ2n) is 4.91. The second kappa shape index (κ2) is 3.87. The van der Waals surface area contributed by atoms with Gasteiger partial charge in [-0.2, -0.15) is 5.01 Å². The summed E-state index contributed by atoms with van der Waals surface area (Å²) >= 11 is 0. The Morgan fingerprint density at radius 1 is 1.24 bits per heavy atom. The van der Waals surface area contributed by atoms with E-state index in [1.807, 2.05) is 44.2 Å². The summed E-state index contributed by atoms with van der Waals surface area (Å²) in [6.45, 7) is 5.65. The van der Waals surface area contributed by atoms with Crippen LogP contribution in [-0.4, -0.2) is 23.4 Å². The molecule has 1 aliphatic rings. The normalized spacial score (nSPS) is 18.6. The molecule has 1 heterocycles. The molecule has 0 spiro atoms. The molecule has 0 bridgehead atoms. The van der Waals surface area contributed by atoms with E-state index < -0.39 is 5.41 Å². The molecule has 0 aliphatic carbocycles. The van der Waals surface area contributed by atoms with E-state index in [2.05, 4.69) is 0 Å². The number of para-hydroxylation sites is 1. The number of carbonyl (C=O) groups excluding carboxylic acids is 2. The highest BCUT2D eigenvalue weighted by Gasteiger charge is 2.46. The van der Waals surface area contributed by atoms with Crippen molar-refractivity contribution >= 4 is 17.5 Å². The molecule has 0 unspecified atom stereocenters. The van der Waals surface area contributed by atoms with Gasteiger partial charge in [0.25, 0.3) is 5.91 Å². The number of hydrogen-bond acceptors (Lipinski definition) is 3. The molecule has 17 heavy (non-hydrogen) atoms. The minimum atomic E-state index is -0.526. The molecule has 4 heteroatoms.